The van der Waals surface area contributed by atoms with E-state index in [1.165, 1.54) is 0 Å². The van der Waals surface area contributed by atoms with E-state index in [9.17, 15) is 4.79 Å². The maximum Gasteiger partial charge on any atom is 0.246 e. The monoisotopic (exact) mass is 137 g/mol. The third-order valence-corrected chi connectivity index (χ3v) is 1.45. The molecule has 1 aliphatic heterocycles. The number of hydrogen-bond donors (Lipinski definition) is 0. The molecule has 0 radical (unpaired) electrons. The highest BCUT2D eigenvalue weighted by Gasteiger charge is 2.01. The topological polar surface area (TPSA) is 20.3 Å². The molecular formula is C8H11NO. The number of likely N-dealkylation sites (N-methyl/N-ethyl adjacent to an activating group) is 1. The molecule has 0 aromatic heterocycles. The summed E-state index contributed by atoms with van der Waals surface area (Å²) in [6, 6.07) is 0. The standard InChI is InChI=1S/C8H11NO/c1-9-7-5-3-2-4-6-8(9)10/h3-6H,2,7H2,1H3/b5-3-,6-4-. The summed E-state index contributed by atoms with van der Waals surface area (Å²) in [5.41, 5.74) is 0. The summed E-state index contributed by atoms with van der Waals surface area (Å²) in [6.07, 6.45) is 8.42. The molecule has 1 rings (SSSR count). The van der Waals surface area contributed by atoms with E-state index in [0.29, 0.717) is 0 Å². The fourth-order valence-electron chi connectivity index (χ4n) is 0.794. The molecule has 2 heteroatoms. The van der Waals surface area contributed by atoms with Crippen molar-refractivity contribution in [3.63, 3.8) is 0 Å². The first-order chi connectivity index (χ1) is 4.80. The van der Waals surface area contributed by atoms with E-state index < -0.39 is 0 Å². The Labute approximate surface area is 60.8 Å². The number of carbonyl (C=O) groups excluding carboxylic acids is 1. The maximum atomic E-state index is 11.0. The molecule has 0 aromatic rings. The molecule has 0 aliphatic carbocycles. The summed E-state index contributed by atoms with van der Waals surface area (Å²) in [5, 5.41) is 0. The van der Waals surface area contributed by atoms with Gasteiger partial charge in [0, 0.05) is 13.6 Å². The molecule has 0 spiro atoms. The average Bonchev–Trinajstić information content (AvgIpc) is 1.92. The van der Waals surface area contributed by atoms with Crippen molar-refractivity contribution < 1.29 is 4.79 Å². The molecule has 2 nitrogen and oxygen atoms in total. The minimum atomic E-state index is 0.0874. The largest absolute Gasteiger partial charge is 0.339 e. The molecule has 0 unspecified atom stereocenters. The maximum absolute atomic E-state index is 11.0. The second-order valence-corrected chi connectivity index (χ2v) is 2.33. The Kier molecular flexibility index (Phi) is 2.26. The summed E-state index contributed by atoms with van der Waals surface area (Å²) in [7, 11) is 1.79. The predicted molar refractivity (Wildman–Crippen MR) is 40.5 cm³/mol. The zero-order valence-corrected chi connectivity index (χ0v) is 6.08. The molecule has 0 aromatic carbocycles. The average molecular weight is 137 g/mol. The number of hydrogen-bond acceptors (Lipinski definition) is 1. The van der Waals surface area contributed by atoms with Gasteiger partial charge < -0.3 is 4.90 Å². The van der Waals surface area contributed by atoms with E-state index in [2.05, 4.69) is 6.08 Å². The van der Waals surface area contributed by atoms with Crippen molar-refractivity contribution in [2.75, 3.05) is 13.6 Å². The highest BCUT2D eigenvalue weighted by molar-refractivity contribution is 5.87. The number of carbonyl (C=O) groups is 1. The van der Waals surface area contributed by atoms with Gasteiger partial charge in [0.25, 0.3) is 0 Å². The van der Waals surface area contributed by atoms with E-state index in [0.717, 1.165) is 13.0 Å². The first-order valence-corrected chi connectivity index (χ1v) is 3.37. The van der Waals surface area contributed by atoms with Crippen LogP contribution in [0.15, 0.2) is 24.3 Å². The van der Waals surface area contributed by atoms with Gasteiger partial charge in [-0.2, -0.15) is 0 Å². The quantitative estimate of drug-likeness (QED) is 0.455. The Morgan fingerprint density at radius 3 is 3.00 bits per heavy atom. The third-order valence-electron chi connectivity index (χ3n) is 1.45. The lowest BCUT2D eigenvalue weighted by Crippen LogP contribution is -2.25. The van der Waals surface area contributed by atoms with Crippen LogP contribution >= 0.6 is 0 Å². The minimum Gasteiger partial charge on any atom is -0.339 e. The molecule has 0 fully saturated rings. The normalized spacial score (nSPS) is 25.3. The molecule has 0 saturated heterocycles. The van der Waals surface area contributed by atoms with E-state index in [1.807, 2.05) is 12.2 Å². The first kappa shape index (κ1) is 7.06. The zero-order chi connectivity index (χ0) is 7.40. The Morgan fingerprint density at radius 1 is 1.40 bits per heavy atom. The summed E-state index contributed by atoms with van der Waals surface area (Å²) in [5.74, 6) is 0.0874. The molecule has 1 amide bonds. The number of amides is 1. The van der Waals surface area contributed by atoms with E-state index in [-0.39, 0.29) is 5.91 Å². The van der Waals surface area contributed by atoms with Crippen molar-refractivity contribution >= 4 is 5.91 Å². The van der Waals surface area contributed by atoms with Gasteiger partial charge in [0.2, 0.25) is 5.91 Å². The second-order valence-electron chi connectivity index (χ2n) is 2.33. The highest BCUT2D eigenvalue weighted by Crippen LogP contribution is 1.95. The lowest BCUT2D eigenvalue weighted by molar-refractivity contribution is -0.124. The van der Waals surface area contributed by atoms with E-state index >= 15 is 0 Å². The fourth-order valence-corrected chi connectivity index (χ4v) is 0.794. The van der Waals surface area contributed by atoms with E-state index in [1.54, 1.807) is 18.0 Å². The lowest BCUT2D eigenvalue weighted by Gasteiger charge is -2.12. The molecule has 1 aliphatic rings. The van der Waals surface area contributed by atoms with Gasteiger partial charge in [-0.05, 0) is 12.5 Å². The van der Waals surface area contributed by atoms with Crippen LogP contribution in [0.4, 0.5) is 0 Å². The number of nitrogens with zero attached hydrogens (tertiary/aromatic N) is 1. The number of allylic oxidation sites excluding steroid dienone is 2. The van der Waals surface area contributed by atoms with Crippen LogP contribution in [-0.2, 0) is 4.79 Å². The van der Waals surface area contributed by atoms with Crippen LogP contribution in [-0.4, -0.2) is 24.4 Å². The van der Waals surface area contributed by atoms with Gasteiger partial charge in [-0.3, -0.25) is 4.79 Å². The Balaban J connectivity index is 2.62. The summed E-state index contributed by atoms with van der Waals surface area (Å²) in [4.78, 5) is 12.6. The predicted octanol–water partition coefficient (Wildman–Crippen LogP) is 0.961. The molecule has 0 N–H and O–H groups in total. The third kappa shape index (κ3) is 1.72. The lowest BCUT2D eigenvalue weighted by atomic mass is 10.3. The van der Waals surface area contributed by atoms with Crippen LogP contribution < -0.4 is 0 Å². The fraction of sp³-hybridized carbons (Fsp3) is 0.375. The van der Waals surface area contributed by atoms with Crippen LogP contribution in [0.3, 0.4) is 0 Å². The molecule has 0 saturated carbocycles. The smallest absolute Gasteiger partial charge is 0.246 e. The molecule has 1 heterocycles. The van der Waals surface area contributed by atoms with Crippen molar-refractivity contribution in [2.45, 2.75) is 6.42 Å². The molecule has 0 atom stereocenters. The van der Waals surface area contributed by atoms with Gasteiger partial charge in [-0.1, -0.05) is 18.2 Å². The summed E-state index contributed by atoms with van der Waals surface area (Å²) >= 11 is 0. The van der Waals surface area contributed by atoms with Gasteiger partial charge in [-0.25, -0.2) is 0 Å². The molecule has 10 heavy (non-hydrogen) atoms. The Morgan fingerprint density at radius 2 is 2.20 bits per heavy atom. The zero-order valence-electron chi connectivity index (χ0n) is 6.08. The SMILES string of the molecule is CN1C/C=C\C/C=C\C1=O. The van der Waals surface area contributed by atoms with Crippen LogP contribution in [0.5, 0.6) is 0 Å². The van der Waals surface area contributed by atoms with Crippen molar-refractivity contribution in [3.05, 3.63) is 24.3 Å². The highest BCUT2D eigenvalue weighted by atomic mass is 16.2. The van der Waals surface area contributed by atoms with Gasteiger partial charge in [0.05, 0.1) is 0 Å². The summed E-state index contributed by atoms with van der Waals surface area (Å²) < 4.78 is 0. The van der Waals surface area contributed by atoms with Crippen molar-refractivity contribution in [3.8, 4) is 0 Å². The van der Waals surface area contributed by atoms with Gasteiger partial charge in [0.1, 0.15) is 0 Å². The second kappa shape index (κ2) is 3.20. The van der Waals surface area contributed by atoms with Crippen LogP contribution in [0.25, 0.3) is 0 Å². The van der Waals surface area contributed by atoms with Crippen molar-refractivity contribution in [1.29, 1.82) is 0 Å². The number of rotatable bonds is 0. The van der Waals surface area contributed by atoms with Gasteiger partial charge >= 0.3 is 0 Å². The summed E-state index contributed by atoms with van der Waals surface area (Å²) in [6.45, 7) is 0.725. The van der Waals surface area contributed by atoms with Crippen LogP contribution in [0.1, 0.15) is 6.42 Å². The van der Waals surface area contributed by atoms with Gasteiger partial charge in [-0.15, -0.1) is 0 Å². The van der Waals surface area contributed by atoms with Crippen LogP contribution in [0.2, 0.25) is 0 Å². The van der Waals surface area contributed by atoms with Crippen molar-refractivity contribution in [2.24, 2.45) is 0 Å². The Hall–Kier alpha value is -1.05. The molecule has 54 valence electrons. The minimum absolute atomic E-state index is 0.0874. The Bertz CT molecular complexity index is 182. The van der Waals surface area contributed by atoms with Crippen LogP contribution in [0, 0.1) is 0 Å². The molecular weight excluding hydrogens is 126 g/mol. The molecule has 0 bridgehead atoms. The first-order valence-electron chi connectivity index (χ1n) is 3.37. The van der Waals surface area contributed by atoms with E-state index in [4.69, 9.17) is 0 Å². The van der Waals surface area contributed by atoms with Crippen molar-refractivity contribution in [1.82, 2.24) is 4.90 Å². The van der Waals surface area contributed by atoms with Gasteiger partial charge in [0.15, 0.2) is 0 Å².